The largest absolute Gasteiger partial charge is 0.497 e. The van der Waals surface area contributed by atoms with E-state index in [1.54, 1.807) is 19.1 Å². The van der Waals surface area contributed by atoms with Crippen LogP contribution in [0.1, 0.15) is 32.4 Å². The van der Waals surface area contributed by atoms with Crippen LogP contribution in [0.25, 0.3) is 11.0 Å². The number of likely N-dealkylation sites (tertiary alicyclic amines) is 1. The summed E-state index contributed by atoms with van der Waals surface area (Å²) in [4.78, 5) is 22.9. The molecule has 0 radical (unpaired) electrons. The summed E-state index contributed by atoms with van der Waals surface area (Å²) in [5.74, 6) is 2.16. The number of carbonyl (C=O) groups is 1. The molecule has 11 heteroatoms. The number of benzene rings is 1. The zero-order valence-electron chi connectivity index (χ0n) is 19.3. The lowest BCUT2D eigenvalue weighted by molar-refractivity contribution is 0.0000414. The molecule has 0 spiro atoms. The molecule has 3 heterocycles. The fourth-order valence-electron chi connectivity index (χ4n) is 3.58. The van der Waals surface area contributed by atoms with E-state index in [1.165, 1.54) is 6.33 Å². The minimum absolute atomic E-state index is 0.0352. The molecule has 1 aliphatic rings. The van der Waals surface area contributed by atoms with E-state index >= 15 is 0 Å². The summed E-state index contributed by atoms with van der Waals surface area (Å²) in [6.07, 6.45) is 1.21. The van der Waals surface area contributed by atoms with Gasteiger partial charge >= 0.3 is 6.09 Å². The molecular weight excluding hydrogens is 539 g/mol. The number of nitrogens with zero attached hydrogens (tertiary/aromatic N) is 5. The molecule has 1 amide bonds. The number of halogens is 1. The molecule has 176 valence electrons. The van der Waals surface area contributed by atoms with E-state index in [4.69, 9.17) is 19.3 Å². The standard InChI is InChI=1S/C22H27IN6O4/c1-22(2,3)33-21(30)28-10-14(11-28)29-20-17(18(23)27-29)19(25-12-26-20)24-9-13-6-7-15(31-4)8-16(13)32-5/h6-8,12,14H,9-11H2,1-5H3,(H,24,25,26). The van der Waals surface area contributed by atoms with Crippen molar-refractivity contribution in [3.8, 4) is 11.5 Å². The number of carbonyl (C=O) groups excluding carboxylic acids is 1. The van der Waals surface area contributed by atoms with Gasteiger partial charge in [-0.1, -0.05) is 0 Å². The molecule has 1 aliphatic heterocycles. The van der Waals surface area contributed by atoms with E-state index in [0.29, 0.717) is 25.5 Å². The second kappa shape index (κ2) is 9.20. The predicted molar refractivity (Wildman–Crippen MR) is 132 cm³/mol. The van der Waals surface area contributed by atoms with Crippen molar-refractivity contribution in [3.63, 3.8) is 0 Å². The Balaban J connectivity index is 1.51. The molecule has 4 rings (SSSR count). The SMILES string of the molecule is COc1ccc(CNc2ncnc3c2c(I)nn3C2CN(C(=O)OC(C)(C)C)C2)c(OC)c1. The number of ether oxygens (including phenoxy) is 3. The van der Waals surface area contributed by atoms with Gasteiger partial charge in [-0.05, 0) is 55.5 Å². The Morgan fingerprint density at radius 1 is 1.21 bits per heavy atom. The average molecular weight is 566 g/mol. The molecular formula is C22H27IN6O4. The Hall–Kier alpha value is -2.83. The summed E-state index contributed by atoms with van der Waals surface area (Å²) in [5, 5.41) is 8.92. The van der Waals surface area contributed by atoms with Crippen molar-refractivity contribution in [1.82, 2.24) is 24.6 Å². The van der Waals surface area contributed by atoms with E-state index in [9.17, 15) is 4.79 Å². The van der Waals surface area contributed by atoms with E-state index in [-0.39, 0.29) is 12.1 Å². The lowest BCUT2D eigenvalue weighted by atomic mass is 10.1. The fraction of sp³-hybridized carbons (Fsp3) is 0.455. The van der Waals surface area contributed by atoms with Crippen LogP contribution in [0.5, 0.6) is 11.5 Å². The maximum absolute atomic E-state index is 12.3. The molecule has 0 saturated carbocycles. The monoisotopic (exact) mass is 566 g/mol. The van der Waals surface area contributed by atoms with Crippen LogP contribution >= 0.6 is 22.6 Å². The highest BCUT2D eigenvalue weighted by Gasteiger charge is 2.36. The van der Waals surface area contributed by atoms with Crippen molar-refractivity contribution in [2.45, 2.75) is 39.0 Å². The first-order valence-corrected chi connectivity index (χ1v) is 11.6. The first-order chi connectivity index (χ1) is 15.7. The van der Waals surface area contributed by atoms with Gasteiger partial charge in [0.2, 0.25) is 0 Å². The van der Waals surface area contributed by atoms with Crippen molar-refractivity contribution in [2.24, 2.45) is 0 Å². The van der Waals surface area contributed by atoms with Gasteiger partial charge in [-0.25, -0.2) is 19.4 Å². The Bertz CT molecular complexity index is 1170. The third-order valence-electron chi connectivity index (χ3n) is 5.25. The highest BCUT2D eigenvalue weighted by Crippen LogP contribution is 2.32. The fourth-order valence-corrected chi connectivity index (χ4v) is 4.31. The van der Waals surface area contributed by atoms with E-state index < -0.39 is 5.60 Å². The van der Waals surface area contributed by atoms with Crippen LogP contribution in [0.2, 0.25) is 0 Å². The Morgan fingerprint density at radius 3 is 2.64 bits per heavy atom. The number of aromatic nitrogens is 4. The molecule has 3 aromatic rings. The van der Waals surface area contributed by atoms with E-state index in [0.717, 1.165) is 31.8 Å². The third-order valence-corrected chi connectivity index (χ3v) is 6.00. The smallest absolute Gasteiger partial charge is 0.410 e. The number of nitrogens with one attached hydrogen (secondary N) is 1. The molecule has 0 aliphatic carbocycles. The quantitative estimate of drug-likeness (QED) is 0.449. The summed E-state index contributed by atoms with van der Waals surface area (Å²) in [7, 11) is 3.26. The maximum atomic E-state index is 12.3. The number of methoxy groups -OCH3 is 2. The minimum Gasteiger partial charge on any atom is -0.497 e. The van der Waals surface area contributed by atoms with Gasteiger partial charge in [0.05, 0.1) is 25.6 Å². The zero-order chi connectivity index (χ0) is 23.8. The van der Waals surface area contributed by atoms with Gasteiger partial charge in [0.15, 0.2) is 5.65 Å². The second-order valence-corrected chi connectivity index (χ2v) is 9.75. The molecule has 10 nitrogen and oxygen atoms in total. The Kier molecular flexibility index (Phi) is 6.50. The van der Waals surface area contributed by atoms with Crippen molar-refractivity contribution < 1.29 is 19.0 Å². The van der Waals surface area contributed by atoms with E-state index in [1.807, 2.05) is 43.7 Å². The lowest BCUT2D eigenvalue weighted by Gasteiger charge is -2.39. The van der Waals surface area contributed by atoms with Crippen LogP contribution in [0.4, 0.5) is 10.6 Å². The molecule has 2 aromatic heterocycles. The van der Waals surface area contributed by atoms with Crippen LogP contribution < -0.4 is 14.8 Å². The number of amides is 1. The number of hydrogen-bond donors (Lipinski definition) is 1. The topological polar surface area (TPSA) is 104 Å². The average Bonchev–Trinajstić information content (AvgIpc) is 3.06. The molecule has 33 heavy (non-hydrogen) atoms. The van der Waals surface area contributed by atoms with Crippen molar-refractivity contribution in [3.05, 3.63) is 33.8 Å². The first-order valence-electron chi connectivity index (χ1n) is 10.5. The van der Waals surface area contributed by atoms with Crippen LogP contribution in [-0.2, 0) is 11.3 Å². The summed E-state index contributed by atoms with van der Waals surface area (Å²) >= 11 is 2.19. The second-order valence-electron chi connectivity index (χ2n) is 8.73. The van der Waals surface area contributed by atoms with Crippen LogP contribution in [0.15, 0.2) is 24.5 Å². The summed E-state index contributed by atoms with van der Waals surface area (Å²) < 4.78 is 18.9. The molecule has 0 atom stereocenters. The van der Waals surface area contributed by atoms with Crippen LogP contribution in [-0.4, -0.2) is 63.7 Å². The van der Waals surface area contributed by atoms with Crippen LogP contribution in [0.3, 0.4) is 0 Å². The van der Waals surface area contributed by atoms with Gasteiger partial charge in [0, 0.05) is 31.3 Å². The lowest BCUT2D eigenvalue weighted by Crippen LogP contribution is -2.52. The minimum atomic E-state index is -0.518. The molecule has 1 saturated heterocycles. The highest BCUT2D eigenvalue weighted by molar-refractivity contribution is 14.1. The van der Waals surface area contributed by atoms with Gasteiger partial charge in [-0.3, -0.25) is 0 Å². The zero-order valence-corrected chi connectivity index (χ0v) is 21.4. The van der Waals surface area contributed by atoms with Crippen LogP contribution in [0, 0.1) is 3.70 Å². The molecule has 1 aromatic carbocycles. The summed E-state index contributed by atoms with van der Waals surface area (Å²) in [5.41, 5.74) is 1.18. The summed E-state index contributed by atoms with van der Waals surface area (Å²) in [6.45, 7) is 7.14. The maximum Gasteiger partial charge on any atom is 0.410 e. The summed E-state index contributed by atoms with van der Waals surface area (Å²) in [6, 6.07) is 5.73. The molecule has 0 unspecified atom stereocenters. The number of hydrogen-bond acceptors (Lipinski definition) is 8. The number of rotatable bonds is 6. The van der Waals surface area contributed by atoms with Crippen molar-refractivity contribution in [2.75, 3.05) is 32.6 Å². The van der Waals surface area contributed by atoms with E-state index in [2.05, 4.69) is 37.9 Å². The molecule has 1 fully saturated rings. The van der Waals surface area contributed by atoms with Crippen molar-refractivity contribution >= 4 is 45.5 Å². The first kappa shape index (κ1) is 23.3. The predicted octanol–water partition coefficient (Wildman–Crippen LogP) is 3.85. The Morgan fingerprint density at radius 2 is 1.97 bits per heavy atom. The Labute approximate surface area is 205 Å². The van der Waals surface area contributed by atoms with Gasteiger partial charge in [0.25, 0.3) is 0 Å². The molecule has 0 bridgehead atoms. The van der Waals surface area contributed by atoms with Gasteiger partial charge in [-0.15, -0.1) is 0 Å². The highest BCUT2D eigenvalue weighted by atomic mass is 127. The normalized spacial score (nSPS) is 14.2. The third kappa shape index (κ3) is 4.92. The van der Waals surface area contributed by atoms with Gasteiger partial charge in [-0.2, -0.15) is 5.10 Å². The molecule has 1 N–H and O–H groups in total. The van der Waals surface area contributed by atoms with Gasteiger partial charge in [0.1, 0.15) is 32.9 Å². The van der Waals surface area contributed by atoms with Crippen molar-refractivity contribution in [1.29, 1.82) is 0 Å². The van der Waals surface area contributed by atoms with Gasteiger partial charge < -0.3 is 24.4 Å². The number of anilines is 1. The number of fused-ring (bicyclic) bond motifs is 1.